The van der Waals surface area contributed by atoms with Gasteiger partial charge in [0.15, 0.2) is 0 Å². The Bertz CT molecular complexity index is 610. The first-order chi connectivity index (χ1) is 9.15. The summed E-state index contributed by atoms with van der Waals surface area (Å²) in [7, 11) is 0. The molecule has 1 heterocycles. The van der Waals surface area contributed by atoms with E-state index in [9.17, 15) is 4.79 Å². The standard InChI is InChI=1S/C15H15N3O.ClH/c16-13-7-12(13)11-5-6-14(18-8-11)9-1-3-10(4-2-9)15(17)19;/h1-6,8,12-13H,7,16H2,(H2,17,19);1H/t12-,13+;/m0./s1. The summed E-state index contributed by atoms with van der Waals surface area (Å²) in [6.07, 6.45) is 2.93. The maximum atomic E-state index is 11.0. The van der Waals surface area contributed by atoms with Crippen LogP contribution in [0.4, 0.5) is 0 Å². The molecular formula is C15H16ClN3O. The molecule has 2 atom stereocenters. The first-order valence-corrected chi connectivity index (χ1v) is 6.27. The minimum Gasteiger partial charge on any atom is -0.366 e. The Morgan fingerprint density at radius 3 is 2.25 bits per heavy atom. The number of rotatable bonds is 3. The Balaban J connectivity index is 0.00000147. The number of primary amides is 1. The van der Waals surface area contributed by atoms with E-state index >= 15 is 0 Å². The molecule has 1 aromatic carbocycles. The van der Waals surface area contributed by atoms with Gasteiger partial charge in [0.2, 0.25) is 5.91 Å². The van der Waals surface area contributed by atoms with Gasteiger partial charge in [0, 0.05) is 29.3 Å². The van der Waals surface area contributed by atoms with Crippen LogP contribution in [-0.2, 0) is 0 Å². The number of pyridine rings is 1. The smallest absolute Gasteiger partial charge is 0.248 e. The maximum absolute atomic E-state index is 11.0. The highest BCUT2D eigenvalue weighted by Gasteiger charge is 2.34. The second-order valence-corrected chi connectivity index (χ2v) is 4.92. The first kappa shape index (κ1) is 14.5. The van der Waals surface area contributed by atoms with Crippen LogP contribution in [0.5, 0.6) is 0 Å². The molecule has 4 nitrogen and oxygen atoms in total. The number of amides is 1. The molecule has 104 valence electrons. The van der Waals surface area contributed by atoms with Crippen molar-refractivity contribution in [3.63, 3.8) is 0 Å². The molecule has 1 saturated carbocycles. The van der Waals surface area contributed by atoms with Gasteiger partial charge in [-0.25, -0.2) is 0 Å². The summed E-state index contributed by atoms with van der Waals surface area (Å²) < 4.78 is 0. The topological polar surface area (TPSA) is 82.0 Å². The lowest BCUT2D eigenvalue weighted by molar-refractivity contribution is 0.100. The van der Waals surface area contributed by atoms with Crippen LogP contribution in [0.25, 0.3) is 11.3 Å². The number of hydrogen-bond acceptors (Lipinski definition) is 3. The van der Waals surface area contributed by atoms with Crippen molar-refractivity contribution in [1.82, 2.24) is 4.98 Å². The number of benzene rings is 1. The number of halogens is 1. The third kappa shape index (κ3) is 2.81. The summed E-state index contributed by atoms with van der Waals surface area (Å²) >= 11 is 0. The van der Waals surface area contributed by atoms with E-state index in [4.69, 9.17) is 11.5 Å². The third-order valence-corrected chi connectivity index (χ3v) is 3.52. The Morgan fingerprint density at radius 2 is 1.80 bits per heavy atom. The predicted octanol–water partition coefficient (Wildman–Crippen LogP) is 2.08. The van der Waals surface area contributed by atoms with Gasteiger partial charge in [-0.05, 0) is 30.2 Å². The number of nitrogens with zero attached hydrogens (tertiary/aromatic N) is 1. The zero-order valence-corrected chi connectivity index (χ0v) is 11.6. The zero-order valence-electron chi connectivity index (χ0n) is 10.8. The average molecular weight is 290 g/mol. The number of aromatic nitrogens is 1. The molecule has 0 unspecified atom stereocenters. The summed E-state index contributed by atoms with van der Waals surface area (Å²) in [4.78, 5) is 15.4. The van der Waals surface area contributed by atoms with Gasteiger partial charge in [0.25, 0.3) is 0 Å². The first-order valence-electron chi connectivity index (χ1n) is 6.27. The highest BCUT2D eigenvalue weighted by Crippen LogP contribution is 2.38. The van der Waals surface area contributed by atoms with Crippen molar-refractivity contribution in [3.05, 3.63) is 53.7 Å². The van der Waals surface area contributed by atoms with E-state index in [-0.39, 0.29) is 12.4 Å². The molecule has 0 radical (unpaired) electrons. The van der Waals surface area contributed by atoms with E-state index in [2.05, 4.69) is 11.1 Å². The molecule has 5 heteroatoms. The lowest BCUT2D eigenvalue weighted by Gasteiger charge is -2.04. The summed E-state index contributed by atoms with van der Waals surface area (Å²) in [5, 5.41) is 0. The van der Waals surface area contributed by atoms with Gasteiger partial charge in [-0.1, -0.05) is 18.2 Å². The van der Waals surface area contributed by atoms with E-state index in [0.29, 0.717) is 17.5 Å². The lowest BCUT2D eigenvalue weighted by atomic mass is 10.1. The van der Waals surface area contributed by atoms with Crippen molar-refractivity contribution in [2.45, 2.75) is 18.4 Å². The van der Waals surface area contributed by atoms with Gasteiger partial charge in [0.05, 0.1) is 5.69 Å². The van der Waals surface area contributed by atoms with Crippen LogP contribution in [0.1, 0.15) is 28.3 Å². The number of carbonyl (C=O) groups excluding carboxylic acids is 1. The second-order valence-electron chi connectivity index (χ2n) is 4.92. The molecule has 1 amide bonds. The second kappa shape index (κ2) is 5.61. The largest absolute Gasteiger partial charge is 0.366 e. The Hall–Kier alpha value is -1.91. The molecule has 1 aliphatic rings. The van der Waals surface area contributed by atoms with Gasteiger partial charge in [-0.15, -0.1) is 12.4 Å². The summed E-state index contributed by atoms with van der Waals surface area (Å²) in [5.74, 6) is 0.0522. The Kier molecular flexibility index (Phi) is 4.06. The number of nitrogens with two attached hydrogens (primary N) is 2. The summed E-state index contributed by atoms with van der Waals surface area (Å²) in [6.45, 7) is 0. The van der Waals surface area contributed by atoms with Crippen LogP contribution in [0, 0.1) is 0 Å². The van der Waals surface area contributed by atoms with Crippen LogP contribution in [-0.4, -0.2) is 16.9 Å². The fraction of sp³-hybridized carbons (Fsp3) is 0.200. The molecule has 0 aliphatic heterocycles. The molecule has 3 rings (SSSR count). The zero-order chi connectivity index (χ0) is 13.4. The number of carbonyl (C=O) groups is 1. The molecule has 2 aromatic rings. The van der Waals surface area contributed by atoms with Crippen LogP contribution < -0.4 is 11.5 Å². The fourth-order valence-electron chi connectivity index (χ4n) is 2.20. The normalized spacial score (nSPS) is 20.1. The molecule has 0 saturated heterocycles. The average Bonchev–Trinajstić information content (AvgIpc) is 3.16. The van der Waals surface area contributed by atoms with Crippen LogP contribution in [0.15, 0.2) is 42.6 Å². The van der Waals surface area contributed by atoms with Crippen LogP contribution >= 0.6 is 12.4 Å². The Morgan fingerprint density at radius 1 is 1.15 bits per heavy atom. The van der Waals surface area contributed by atoms with Gasteiger partial charge in [0.1, 0.15) is 0 Å². The quantitative estimate of drug-likeness (QED) is 0.907. The van der Waals surface area contributed by atoms with Gasteiger partial charge < -0.3 is 11.5 Å². The van der Waals surface area contributed by atoms with E-state index < -0.39 is 5.91 Å². The highest BCUT2D eigenvalue weighted by molar-refractivity contribution is 5.93. The molecule has 0 bridgehead atoms. The summed E-state index contributed by atoms with van der Waals surface area (Å²) in [6, 6.07) is 11.5. The molecule has 1 aliphatic carbocycles. The van der Waals surface area contributed by atoms with Crippen molar-refractivity contribution in [2.75, 3.05) is 0 Å². The van der Waals surface area contributed by atoms with E-state index in [1.54, 1.807) is 12.1 Å². The highest BCUT2D eigenvalue weighted by atomic mass is 35.5. The van der Waals surface area contributed by atoms with Gasteiger partial charge >= 0.3 is 0 Å². The fourth-order valence-corrected chi connectivity index (χ4v) is 2.20. The van der Waals surface area contributed by atoms with E-state index in [1.807, 2.05) is 24.4 Å². The molecular weight excluding hydrogens is 274 g/mol. The third-order valence-electron chi connectivity index (χ3n) is 3.52. The molecule has 20 heavy (non-hydrogen) atoms. The minimum absolute atomic E-state index is 0. The Labute approximate surface area is 123 Å². The molecule has 4 N–H and O–H groups in total. The van der Waals surface area contributed by atoms with E-state index in [0.717, 1.165) is 17.7 Å². The van der Waals surface area contributed by atoms with Crippen LogP contribution in [0.3, 0.4) is 0 Å². The van der Waals surface area contributed by atoms with Crippen molar-refractivity contribution in [2.24, 2.45) is 11.5 Å². The van der Waals surface area contributed by atoms with Crippen molar-refractivity contribution < 1.29 is 4.79 Å². The summed E-state index contributed by atoms with van der Waals surface area (Å²) in [5.41, 5.74) is 14.6. The van der Waals surface area contributed by atoms with Crippen LogP contribution in [0.2, 0.25) is 0 Å². The predicted molar refractivity (Wildman–Crippen MR) is 80.8 cm³/mol. The maximum Gasteiger partial charge on any atom is 0.248 e. The van der Waals surface area contributed by atoms with Crippen molar-refractivity contribution in [3.8, 4) is 11.3 Å². The minimum atomic E-state index is -0.419. The molecule has 1 fully saturated rings. The number of hydrogen-bond donors (Lipinski definition) is 2. The lowest BCUT2D eigenvalue weighted by Crippen LogP contribution is -2.10. The molecule has 1 aromatic heterocycles. The monoisotopic (exact) mass is 289 g/mol. The van der Waals surface area contributed by atoms with Gasteiger partial charge in [-0.3, -0.25) is 9.78 Å². The van der Waals surface area contributed by atoms with Crippen molar-refractivity contribution >= 4 is 18.3 Å². The van der Waals surface area contributed by atoms with E-state index in [1.165, 1.54) is 5.56 Å². The van der Waals surface area contributed by atoms with Gasteiger partial charge in [-0.2, -0.15) is 0 Å². The SMILES string of the molecule is Cl.NC(=O)c1ccc(-c2ccc([C@@H]3C[C@H]3N)cn2)cc1. The molecule has 0 spiro atoms. The van der Waals surface area contributed by atoms with Crippen molar-refractivity contribution in [1.29, 1.82) is 0 Å².